The molecule has 1 aliphatic rings. The van der Waals surface area contributed by atoms with Crippen molar-refractivity contribution < 1.29 is 22.6 Å². The molecule has 1 aliphatic heterocycles. The van der Waals surface area contributed by atoms with Gasteiger partial charge in [0.1, 0.15) is 10.8 Å². The number of rotatable bonds is 5. The number of benzene rings is 1. The van der Waals surface area contributed by atoms with Gasteiger partial charge in [-0.05, 0) is 17.5 Å². The maximum atomic E-state index is 12.7. The molecule has 3 aromatic rings. The van der Waals surface area contributed by atoms with Gasteiger partial charge >= 0.3 is 5.76 Å². The average molecular weight is 452 g/mol. The molecule has 0 saturated carbocycles. The first kappa shape index (κ1) is 20.3. The number of carbonyl (C=O) groups excluding carboxylic acids is 1. The standard InChI is InChI=1S/C17H16N4O7S2/c22-15(11-20-13-4-3-12(21(24)25)10-14(13)28-17(20)23)18-5-7-19(8-6-18)30(26,27)16-2-1-9-29-16/h1-4,9-10H,5-8,11H2. The molecule has 2 aromatic heterocycles. The number of fused-ring (bicyclic) bond motifs is 1. The fraction of sp³-hybridized carbons (Fsp3) is 0.294. The second-order valence-corrected chi connectivity index (χ2v) is 9.69. The maximum absolute atomic E-state index is 12.7. The minimum Gasteiger partial charge on any atom is -0.407 e. The Bertz CT molecular complexity index is 1270. The number of aromatic nitrogens is 1. The Morgan fingerprint density at radius 3 is 2.57 bits per heavy atom. The summed E-state index contributed by atoms with van der Waals surface area (Å²) in [7, 11) is -3.58. The van der Waals surface area contributed by atoms with Crippen molar-refractivity contribution in [2.75, 3.05) is 26.2 Å². The van der Waals surface area contributed by atoms with Crippen LogP contribution in [0.2, 0.25) is 0 Å². The predicted molar refractivity (Wildman–Crippen MR) is 107 cm³/mol. The van der Waals surface area contributed by atoms with Gasteiger partial charge < -0.3 is 9.32 Å². The molecule has 4 rings (SSSR count). The van der Waals surface area contributed by atoms with Gasteiger partial charge in [-0.1, -0.05) is 6.07 Å². The maximum Gasteiger partial charge on any atom is 0.420 e. The van der Waals surface area contributed by atoms with Gasteiger partial charge in [-0.2, -0.15) is 4.31 Å². The predicted octanol–water partition coefficient (Wildman–Crippen LogP) is 1.10. The highest BCUT2D eigenvalue weighted by Gasteiger charge is 2.31. The molecule has 30 heavy (non-hydrogen) atoms. The van der Waals surface area contributed by atoms with E-state index in [9.17, 15) is 28.1 Å². The first-order valence-electron chi connectivity index (χ1n) is 8.86. The van der Waals surface area contributed by atoms with Crippen molar-refractivity contribution in [2.24, 2.45) is 0 Å². The van der Waals surface area contributed by atoms with E-state index in [1.54, 1.807) is 11.4 Å². The van der Waals surface area contributed by atoms with Crippen LogP contribution in [0.1, 0.15) is 0 Å². The number of piperazine rings is 1. The third-order valence-electron chi connectivity index (χ3n) is 4.84. The van der Waals surface area contributed by atoms with Crippen molar-refractivity contribution in [3.63, 3.8) is 0 Å². The van der Waals surface area contributed by atoms with Gasteiger partial charge in [-0.3, -0.25) is 19.5 Å². The SMILES string of the molecule is O=C(Cn1c(=O)oc2cc([N+](=O)[O-])ccc21)N1CCN(S(=O)(=O)c2cccs2)CC1. The Morgan fingerprint density at radius 2 is 1.93 bits per heavy atom. The van der Waals surface area contributed by atoms with Crippen molar-refractivity contribution in [2.45, 2.75) is 10.8 Å². The van der Waals surface area contributed by atoms with Gasteiger partial charge in [-0.25, -0.2) is 13.2 Å². The second kappa shape index (κ2) is 7.66. The number of carbonyl (C=O) groups is 1. The lowest BCUT2D eigenvalue weighted by molar-refractivity contribution is -0.384. The van der Waals surface area contributed by atoms with Gasteiger partial charge in [0, 0.05) is 32.2 Å². The van der Waals surface area contributed by atoms with Crippen LogP contribution >= 0.6 is 11.3 Å². The van der Waals surface area contributed by atoms with Crippen molar-refractivity contribution in [3.05, 3.63) is 56.4 Å². The number of amides is 1. The Labute approximate surface area is 173 Å². The highest BCUT2D eigenvalue weighted by atomic mass is 32.2. The summed E-state index contributed by atoms with van der Waals surface area (Å²) in [5.41, 5.74) is 0.0736. The van der Waals surface area contributed by atoms with E-state index in [-0.39, 0.29) is 59.6 Å². The zero-order valence-corrected chi connectivity index (χ0v) is 17.1. The number of non-ortho nitro benzene ring substituents is 1. The van der Waals surface area contributed by atoms with Gasteiger partial charge in [0.05, 0.1) is 16.5 Å². The molecule has 13 heteroatoms. The quantitative estimate of drug-likeness (QED) is 0.418. The van der Waals surface area contributed by atoms with Gasteiger partial charge in [0.25, 0.3) is 15.7 Å². The Balaban J connectivity index is 1.46. The third kappa shape index (κ3) is 3.62. The van der Waals surface area contributed by atoms with Crippen LogP contribution in [-0.2, 0) is 21.4 Å². The average Bonchev–Trinajstić information content (AvgIpc) is 3.37. The second-order valence-electron chi connectivity index (χ2n) is 6.58. The zero-order chi connectivity index (χ0) is 21.5. The van der Waals surface area contributed by atoms with Crippen LogP contribution in [0.3, 0.4) is 0 Å². The number of nitrogens with zero attached hydrogens (tertiary/aromatic N) is 4. The largest absolute Gasteiger partial charge is 0.420 e. The number of nitro groups is 1. The third-order valence-corrected chi connectivity index (χ3v) is 8.11. The molecule has 1 amide bonds. The molecule has 0 spiro atoms. The molecule has 1 fully saturated rings. The molecular weight excluding hydrogens is 436 g/mol. The van der Waals surface area contributed by atoms with Gasteiger partial charge in [0.2, 0.25) is 5.91 Å². The summed E-state index contributed by atoms with van der Waals surface area (Å²) < 4.78 is 32.9. The molecule has 11 nitrogen and oxygen atoms in total. The lowest BCUT2D eigenvalue weighted by Gasteiger charge is -2.33. The summed E-state index contributed by atoms with van der Waals surface area (Å²) in [5.74, 6) is -1.16. The first-order chi connectivity index (χ1) is 14.3. The number of nitro benzene ring substituents is 1. The summed E-state index contributed by atoms with van der Waals surface area (Å²) in [5, 5.41) is 12.6. The molecular formula is C17H16N4O7S2. The molecule has 0 aliphatic carbocycles. The van der Waals surface area contributed by atoms with Crippen LogP contribution in [0, 0.1) is 10.1 Å². The van der Waals surface area contributed by atoms with E-state index >= 15 is 0 Å². The van der Waals surface area contributed by atoms with Crippen LogP contribution < -0.4 is 5.76 Å². The van der Waals surface area contributed by atoms with E-state index in [1.807, 2.05) is 0 Å². The Hall–Kier alpha value is -3.03. The lowest BCUT2D eigenvalue weighted by atomic mass is 10.3. The van der Waals surface area contributed by atoms with E-state index in [4.69, 9.17) is 4.42 Å². The number of hydrogen-bond donors (Lipinski definition) is 0. The van der Waals surface area contributed by atoms with Crippen LogP contribution in [0.4, 0.5) is 5.69 Å². The van der Waals surface area contributed by atoms with Crippen LogP contribution in [-0.4, -0.2) is 59.2 Å². The molecule has 0 unspecified atom stereocenters. The van der Waals surface area contributed by atoms with E-state index in [2.05, 4.69) is 0 Å². The Kier molecular flexibility index (Phi) is 5.17. The van der Waals surface area contributed by atoms with E-state index in [0.29, 0.717) is 0 Å². The molecule has 0 N–H and O–H groups in total. The molecule has 158 valence electrons. The monoisotopic (exact) mass is 452 g/mol. The molecule has 1 saturated heterocycles. The summed E-state index contributed by atoms with van der Waals surface area (Å²) >= 11 is 1.14. The number of hydrogen-bond acceptors (Lipinski definition) is 8. The normalized spacial score (nSPS) is 15.5. The smallest absolute Gasteiger partial charge is 0.407 e. The molecule has 3 heterocycles. The summed E-state index contributed by atoms with van der Waals surface area (Å²) in [6, 6.07) is 6.92. The van der Waals surface area contributed by atoms with Crippen molar-refractivity contribution >= 4 is 44.1 Å². The Morgan fingerprint density at radius 1 is 1.20 bits per heavy atom. The van der Waals surface area contributed by atoms with E-state index in [0.717, 1.165) is 22.0 Å². The number of oxazole rings is 1. The number of sulfonamides is 1. The van der Waals surface area contributed by atoms with Crippen LogP contribution in [0.25, 0.3) is 11.1 Å². The summed E-state index contributed by atoms with van der Waals surface area (Å²) in [4.78, 5) is 36.5. The molecule has 0 radical (unpaired) electrons. The van der Waals surface area contributed by atoms with Crippen molar-refractivity contribution in [1.29, 1.82) is 0 Å². The summed E-state index contributed by atoms with van der Waals surface area (Å²) in [6.07, 6.45) is 0. The molecule has 0 bridgehead atoms. The fourth-order valence-corrected chi connectivity index (χ4v) is 5.84. The minimum atomic E-state index is -3.58. The zero-order valence-electron chi connectivity index (χ0n) is 15.5. The minimum absolute atomic E-state index is 0.0221. The van der Waals surface area contributed by atoms with Crippen molar-refractivity contribution in [3.8, 4) is 0 Å². The molecule has 0 atom stereocenters. The molecule has 1 aromatic carbocycles. The van der Waals surface area contributed by atoms with E-state index in [1.165, 1.54) is 27.4 Å². The lowest BCUT2D eigenvalue weighted by Crippen LogP contribution is -2.51. The van der Waals surface area contributed by atoms with Crippen molar-refractivity contribution in [1.82, 2.24) is 13.8 Å². The van der Waals surface area contributed by atoms with Crippen LogP contribution in [0.15, 0.2) is 49.1 Å². The van der Waals surface area contributed by atoms with E-state index < -0.39 is 20.7 Å². The van der Waals surface area contributed by atoms with Gasteiger partial charge in [0.15, 0.2) is 5.58 Å². The van der Waals surface area contributed by atoms with Crippen LogP contribution in [0.5, 0.6) is 0 Å². The summed E-state index contributed by atoms with van der Waals surface area (Å²) in [6.45, 7) is 0.388. The number of thiophene rings is 1. The fourth-order valence-electron chi connectivity index (χ4n) is 3.27. The topological polar surface area (TPSA) is 136 Å². The first-order valence-corrected chi connectivity index (χ1v) is 11.2. The highest BCUT2D eigenvalue weighted by Crippen LogP contribution is 2.23. The van der Waals surface area contributed by atoms with Gasteiger partial charge in [-0.15, -0.1) is 11.3 Å². The highest BCUT2D eigenvalue weighted by molar-refractivity contribution is 7.91.